The summed E-state index contributed by atoms with van der Waals surface area (Å²) in [4.78, 5) is 47.6. The van der Waals surface area contributed by atoms with Gasteiger partial charge in [-0.25, -0.2) is 0 Å². The second-order valence-corrected chi connectivity index (χ2v) is 9.09. The number of aromatic hydroxyl groups is 3. The van der Waals surface area contributed by atoms with Crippen molar-refractivity contribution in [3.63, 3.8) is 0 Å². The molecule has 1 rings (SSSR count). The van der Waals surface area contributed by atoms with Crippen LogP contribution in [0.25, 0.3) is 0 Å². The van der Waals surface area contributed by atoms with Crippen LogP contribution in [0.2, 0.25) is 0 Å². The number of rotatable bonds is 7. The fourth-order valence-corrected chi connectivity index (χ4v) is 4.08. The van der Waals surface area contributed by atoms with E-state index in [2.05, 4.69) is 5.32 Å². The van der Waals surface area contributed by atoms with Crippen molar-refractivity contribution in [1.82, 2.24) is 5.32 Å². The molecule has 1 aromatic rings. The monoisotopic (exact) mass is 401 g/mol. The van der Waals surface area contributed by atoms with Gasteiger partial charge in [0.2, 0.25) is 0 Å². The highest BCUT2D eigenvalue weighted by Gasteiger charge is 2.58. The van der Waals surface area contributed by atoms with Gasteiger partial charge in [-0.2, -0.15) is 0 Å². The third-order valence-corrected chi connectivity index (χ3v) is 7.12. The lowest BCUT2D eigenvalue weighted by atomic mass is 10.1. The number of carbonyl (C=O) groups excluding carboxylic acids is 1. The molecule has 9 N–H and O–H groups in total. The van der Waals surface area contributed by atoms with Crippen molar-refractivity contribution < 1.29 is 53.9 Å². The SMILES string of the molecule is O=C(NCCCC(O)(P(=O)(O)O)P(=O)(O)O)c1cc(O)c(O)c(O)c1. The molecule has 0 aromatic heterocycles. The first-order valence-corrected chi connectivity index (χ1v) is 9.80. The van der Waals surface area contributed by atoms with E-state index in [1.54, 1.807) is 0 Å². The molecule has 0 aliphatic carbocycles. The number of nitrogens with one attached hydrogen (secondary N) is 1. The van der Waals surface area contributed by atoms with E-state index < -0.39 is 56.3 Å². The minimum Gasteiger partial charge on any atom is -0.504 e. The van der Waals surface area contributed by atoms with Gasteiger partial charge in [-0.3, -0.25) is 13.9 Å². The molecule has 0 aliphatic rings. The zero-order valence-corrected chi connectivity index (χ0v) is 14.3. The Morgan fingerprint density at radius 2 is 1.44 bits per heavy atom. The van der Waals surface area contributed by atoms with Gasteiger partial charge in [0, 0.05) is 18.5 Å². The molecule has 25 heavy (non-hydrogen) atoms. The molecule has 0 aliphatic heterocycles. The zero-order valence-electron chi connectivity index (χ0n) is 12.5. The molecule has 12 nitrogen and oxygen atoms in total. The maximum absolute atomic E-state index is 11.8. The molecule has 14 heteroatoms. The van der Waals surface area contributed by atoms with E-state index in [1.807, 2.05) is 0 Å². The number of amides is 1. The van der Waals surface area contributed by atoms with Gasteiger partial charge in [0.05, 0.1) is 0 Å². The first-order valence-electron chi connectivity index (χ1n) is 6.57. The number of hydrogen-bond donors (Lipinski definition) is 9. The summed E-state index contributed by atoms with van der Waals surface area (Å²) in [6.07, 6.45) is -1.41. The summed E-state index contributed by atoms with van der Waals surface area (Å²) >= 11 is 0. The molecule has 142 valence electrons. The van der Waals surface area contributed by atoms with Gasteiger partial charge in [-0.1, -0.05) is 0 Å². The predicted octanol–water partition coefficient (Wildman–Crippen LogP) is -0.685. The van der Waals surface area contributed by atoms with E-state index in [-0.39, 0.29) is 12.1 Å². The fraction of sp³-hybridized carbons (Fsp3) is 0.364. The molecule has 0 heterocycles. The quantitative estimate of drug-likeness (QED) is 0.158. The number of aliphatic hydroxyl groups is 1. The summed E-state index contributed by atoms with van der Waals surface area (Å²) in [5, 5.41) is 36.0. The lowest BCUT2D eigenvalue weighted by Gasteiger charge is -2.29. The van der Waals surface area contributed by atoms with E-state index in [0.717, 1.165) is 12.1 Å². The molecule has 0 spiro atoms. The zero-order chi connectivity index (χ0) is 19.6. The Morgan fingerprint density at radius 3 is 1.84 bits per heavy atom. The van der Waals surface area contributed by atoms with E-state index in [1.165, 1.54) is 0 Å². The number of phenols is 3. The second-order valence-electron chi connectivity index (χ2n) is 5.08. The Hall–Kier alpha value is -1.65. The maximum atomic E-state index is 11.8. The number of carbonyl (C=O) groups is 1. The van der Waals surface area contributed by atoms with Crippen LogP contribution in [0.15, 0.2) is 12.1 Å². The lowest BCUT2D eigenvalue weighted by molar-refractivity contribution is 0.0945. The van der Waals surface area contributed by atoms with Crippen molar-refractivity contribution in [2.24, 2.45) is 0 Å². The molecule has 0 atom stereocenters. The maximum Gasteiger partial charge on any atom is 0.369 e. The third kappa shape index (κ3) is 4.71. The van der Waals surface area contributed by atoms with E-state index in [0.29, 0.717) is 0 Å². The summed E-state index contributed by atoms with van der Waals surface area (Å²) in [5.41, 5.74) is -0.256. The average Bonchev–Trinajstić information content (AvgIpc) is 2.45. The first-order chi connectivity index (χ1) is 11.2. The van der Waals surface area contributed by atoms with Crippen LogP contribution in [0.3, 0.4) is 0 Å². The Morgan fingerprint density at radius 1 is 1.00 bits per heavy atom. The van der Waals surface area contributed by atoms with E-state index in [4.69, 9.17) is 24.7 Å². The van der Waals surface area contributed by atoms with Crippen molar-refractivity contribution in [1.29, 1.82) is 0 Å². The van der Waals surface area contributed by atoms with E-state index in [9.17, 15) is 29.2 Å². The Labute approximate surface area is 140 Å². The summed E-state index contributed by atoms with van der Waals surface area (Å²) in [6, 6.07) is 1.68. The second kappa shape index (κ2) is 7.30. The standard InChI is InChI=1S/C11H17NO11P2/c13-7-4-6(5-8(14)9(7)15)10(16)12-3-1-2-11(17,24(18,19)20)25(21,22)23/h4-5,13-15,17H,1-3H2,(H,12,16)(H2,18,19,20)(H2,21,22,23). The van der Waals surface area contributed by atoms with Crippen molar-refractivity contribution in [2.75, 3.05) is 6.54 Å². The first kappa shape index (κ1) is 21.4. The summed E-state index contributed by atoms with van der Waals surface area (Å²) in [6.45, 7) is -0.344. The van der Waals surface area contributed by atoms with Crippen LogP contribution in [0.1, 0.15) is 23.2 Å². The van der Waals surface area contributed by atoms with Crippen molar-refractivity contribution in [3.05, 3.63) is 17.7 Å². The molecule has 0 radical (unpaired) electrons. The van der Waals surface area contributed by atoms with Gasteiger partial charge in [0.15, 0.2) is 17.2 Å². The average molecular weight is 401 g/mol. The van der Waals surface area contributed by atoms with Gasteiger partial charge in [-0.05, 0) is 18.6 Å². The van der Waals surface area contributed by atoms with Crippen LogP contribution in [-0.4, -0.2) is 57.5 Å². The number of benzene rings is 1. The normalized spacial score (nSPS) is 12.8. The van der Waals surface area contributed by atoms with Crippen molar-refractivity contribution in [2.45, 2.75) is 17.9 Å². The van der Waals surface area contributed by atoms with Crippen molar-refractivity contribution >= 4 is 21.1 Å². The highest BCUT2D eigenvalue weighted by molar-refractivity contribution is 7.72. The van der Waals surface area contributed by atoms with Crippen LogP contribution >= 0.6 is 15.2 Å². The molecule has 1 amide bonds. The van der Waals surface area contributed by atoms with Crippen LogP contribution in [0.4, 0.5) is 0 Å². The van der Waals surface area contributed by atoms with Gasteiger partial charge < -0.3 is 45.3 Å². The highest BCUT2D eigenvalue weighted by atomic mass is 31.2. The summed E-state index contributed by atoms with van der Waals surface area (Å²) in [5.74, 6) is -3.21. The third-order valence-electron chi connectivity index (χ3n) is 3.24. The number of hydrogen-bond acceptors (Lipinski definition) is 7. The number of phenolic OH excluding ortho intramolecular Hbond substituents is 3. The van der Waals surface area contributed by atoms with Gasteiger partial charge in [-0.15, -0.1) is 0 Å². The molecule has 1 aromatic carbocycles. The van der Waals surface area contributed by atoms with Crippen LogP contribution in [0.5, 0.6) is 17.2 Å². The molecular weight excluding hydrogens is 384 g/mol. The van der Waals surface area contributed by atoms with E-state index >= 15 is 0 Å². The summed E-state index contributed by atoms with van der Waals surface area (Å²) < 4.78 is 22.3. The topological polar surface area (TPSA) is 225 Å². The molecular formula is C11H17NO11P2. The Bertz CT molecular complexity index is 707. The Balaban J connectivity index is 2.73. The smallest absolute Gasteiger partial charge is 0.369 e. The molecule has 0 saturated heterocycles. The van der Waals surface area contributed by atoms with Crippen LogP contribution in [0, 0.1) is 0 Å². The fourth-order valence-electron chi connectivity index (χ4n) is 1.83. The largest absolute Gasteiger partial charge is 0.504 e. The minimum atomic E-state index is -5.56. The van der Waals surface area contributed by atoms with Gasteiger partial charge in [0.1, 0.15) is 0 Å². The molecule has 0 saturated carbocycles. The van der Waals surface area contributed by atoms with Crippen molar-refractivity contribution in [3.8, 4) is 17.2 Å². The molecule has 0 fully saturated rings. The highest BCUT2D eigenvalue weighted by Crippen LogP contribution is 2.69. The minimum absolute atomic E-state index is 0.256. The van der Waals surface area contributed by atoms with Gasteiger partial charge >= 0.3 is 15.2 Å². The van der Waals surface area contributed by atoms with Gasteiger partial charge in [0.25, 0.3) is 11.0 Å². The summed E-state index contributed by atoms with van der Waals surface area (Å²) in [7, 11) is -11.1. The Kier molecular flexibility index (Phi) is 6.25. The molecule has 0 bridgehead atoms. The lowest BCUT2D eigenvalue weighted by Crippen LogP contribution is -2.31. The van der Waals surface area contributed by atoms with Crippen LogP contribution < -0.4 is 5.32 Å². The predicted molar refractivity (Wildman–Crippen MR) is 82.0 cm³/mol. The van der Waals surface area contributed by atoms with Crippen LogP contribution in [-0.2, 0) is 9.13 Å². The molecule has 0 unspecified atom stereocenters.